The summed E-state index contributed by atoms with van der Waals surface area (Å²) in [7, 11) is 0. The van der Waals surface area contributed by atoms with Crippen molar-refractivity contribution in [3.63, 3.8) is 0 Å². The Morgan fingerprint density at radius 1 is 1.05 bits per heavy atom. The van der Waals surface area contributed by atoms with Gasteiger partial charge in [0.05, 0.1) is 5.56 Å². The molecule has 2 fully saturated rings. The van der Waals surface area contributed by atoms with Crippen molar-refractivity contribution in [2.45, 2.75) is 25.7 Å². The summed E-state index contributed by atoms with van der Waals surface area (Å²) in [6, 6.07) is 7.27. The molecule has 0 aromatic heterocycles. The van der Waals surface area contributed by atoms with Gasteiger partial charge in [-0.3, -0.25) is 0 Å². The van der Waals surface area contributed by atoms with Gasteiger partial charge in [0.1, 0.15) is 0 Å². The highest BCUT2D eigenvalue weighted by atomic mass is 16.4. The van der Waals surface area contributed by atoms with Gasteiger partial charge in [0, 0.05) is 25.3 Å². The van der Waals surface area contributed by atoms with E-state index in [1.165, 1.54) is 45.3 Å². The summed E-state index contributed by atoms with van der Waals surface area (Å²) >= 11 is 0. The van der Waals surface area contributed by atoms with Gasteiger partial charge in [0.25, 0.3) is 0 Å². The Morgan fingerprint density at radius 2 is 1.67 bits per heavy atom. The van der Waals surface area contributed by atoms with Gasteiger partial charge in [-0.25, -0.2) is 4.79 Å². The fourth-order valence-electron chi connectivity index (χ4n) is 3.52. The molecule has 0 aliphatic carbocycles. The summed E-state index contributed by atoms with van der Waals surface area (Å²) in [4.78, 5) is 15.9. The van der Waals surface area contributed by atoms with Crippen LogP contribution in [-0.2, 0) is 0 Å². The second-order valence-corrected chi connectivity index (χ2v) is 6.29. The zero-order chi connectivity index (χ0) is 14.7. The predicted octanol–water partition coefficient (Wildman–Crippen LogP) is 2.70. The van der Waals surface area contributed by atoms with E-state index in [4.69, 9.17) is 5.11 Å². The lowest BCUT2D eigenvalue weighted by atomic mass is 9.96. The van der Waals surface area contributed by atoms with Crippen LogP contribution in [0.1, 0.15) is 36.0 Å². The molecule has 2 heterocycles. The maximum absolute atomic E-state index is 10.9. The molecule has 0 atom stereocenters. The van der Waals surface area contributed by atoms with Crippen molar-refractivity contribution in [3.8, 4) is 0 Å². The van der Waals surface area contributed by atoms with Gasteiger partial charge in [-0.1, -0.05) is 0 Å². The highest BCUT2D eigenvalue weighted by Gasteiger charge is 2.23. The average Bonchev–Trinajstić information content (AvgIpc) is 3.01. The number of nitrogens with zero attached hydrogens (tertiary/aromatic N) is 2. The van der Waals surface area contributed by atoms with Crippen molar-refractivity contribution in [2.75, 3.05) is 37.6 Å². The topological polar surface area (TPSA) is 43.8 Å². The van der Waals surface area contributed by atoms with Crippen LogP contribution in [0.15, 0.2) is 24.3 Å². The average molecular weight is 288 g/mol. The van der Waals surface area contributed by atoms with Gasteiger partial charge in [0.15, 0.2) is 0 Å². The molecule has 0 saturated carbocycles. The first-order chi connectivity index (χ1) is 10.2. The van der Waals surface area contributed by atoms with E-state index >= 15 is 0 Å². The second kappa shape index (κ2) is 6.48. The Morgan fingerprint density at radius 3 is 2.24 bits per heavy atom. The van der Waals surface area contributed by atoms with Gasteiger partial charge >= 0.3 is 5.97 Å². The molecule has 2 aliphatic rings. The first kappa shape index (κ1) is 14.4. The standard InChI is InChI=1S/C17H24N2O2/c20-17(21)15-3-5-16(6-4-15)19-11-7-14(8-12-19)13-18-9-1-2-10-18/h3-6,14H,1-2,7-13H2,(H,20,21). The minimum absolute atomic E-state index is 0.364. The van der Waals surface area contributed by atoms with Gasteiger partial charge < -0.3 is 14.9 Å². The first-order valence-electron chi connectivity index (χ1n) is 8.03. The number of carboxylic acid groups (broad SMARTS) is 1. The van der Waals surface area contributed by atoms with Crippen molar-refractivity contribution in [1.82, 2.24) is 4.90 Å². The lowest BCUT2D eigenvalue weighted by Crippen LogP contribution is -2.38. The van der Waals surface area contributed by atoms with Crippen LogP contribution >= 0.6 is 0 Å². The monoisotopic (exact) mass is 288 g/mol. The number of hydrogen-bond donors (Lipinski definition) is 1. The molecule has 0 spiro atoms. The molecule has 0 unspecified atom stereocenters. The number of carbonyl (C=O) groups is 1. The van der Waals surface area contributed by atoms with E-state index in [1.807, 2.05) is 12.1 Å². The van der Waals surface area contributed by atoms with Crippen molar-refractivity contribution in [1.29, 1.82) is 0 Å². The minimum Gasteiger partial charge on any atom is -0.478 e. The summed E-state index contributed by atoms with van der Waals surface area (Å²) < 4.78 is 0. The molecule has 0 radical (unpaired) electrons. The molecule has 114 valence electrons. The largest absolute Gasteiger partial charge is 0.478 e. The van der Waals surface area contributed by atoms with Crippen molar-refractivity contribution >= 4 is 11.7 Å². The highest BCUT2D eigenvalue weighted by molar-refractivity contribution is 5.88. The fourth-order valence-corrected chi connectivity index (χ4v) is 3.52. The van der Waals surface area contributed by atoms with E-state index in [9.17, 15) is 4.79 Å². The number of anilines is 1. The van der Waals surface area contributed by atoms with Crippen molar-refractivity contribution in [2.24, 2.45) is 5.92 Å². The maximum Gasteiger partial charge on any atom is 0.335 e. The van der Waals surface area contributed by atoms with Crippen LogP contribution in [0.2, 0.25) is 0 Å². The summed E-state index contributed by atoms with van der Waals surface area (Å²) in [5.41, 5.74) is 1.52. The molecular formula is C17H24N2O2. The smallest absolute Gasteiger partial charge is 0.335 e. The Kier molecular flexibility index (Phi) is 4.44. The summed E-state index contributed by atoms with van der Waals surface area (Å²) in [6.07, 6.45) is 5.23. The molecule has 1 aromatic carbocycles. The second-order valence-electron chi connectivity index (χ2n) is 6.29. The summed E-state index contributed by atoms with van der Waals surface area (Å²) in [5, 5.41) is 8.94. The molecule has 2 aliphatic heterocycles. The molecule has 0 amide bonds. The molecule has 4 nitrogen and oxygen atoms in total. The van der Waals surface area contributed by atoms with E-state index in [0.717, 1.165) is 24.7 Å². The quantitative estimate of drug-likeness (QED) is 0.925. The van der Waals surface area contributed by atoms with Gasteiger partial charge in [-0.05, 0) is 69.0 Å². The zero-order valence-corrected chi connectivity index (χ0v) is 12.5. The SMILES string of the molecule is O=C(O)c1ccc(N2CCC(CN3CCCC3)CC2)cc1. The fraction of sp³-hybridized carbons (Fsp3) is 0.588. The van der Waals surface area contributed by atoms with Crippen LogP contribution in [-0.4, -0.2) is 48.7 Å². The lowest BCUT2D eigenvalue weighted by molar-refractivity contribution is 0.0697. The van der Waals surface area contributed by atoms with Gasteiger partial charge in [-0.2, -0.15) is 0 Å². The Balaban J connectivity index is 1.51. The van der Waals surface area contributed by atoms with Crippen LogP contribution in [0.4, 0.5) is 5.69 Å². The van der Waals surface area contributed by atoms with Gasteiger partial charge in [0.2, 0.25) is 0 Å². The molecule has 2 saturated heterocycles. The number of likely N-dealkylation sites (tertiary alicyclic amines) is 1. The van der Waals surface area contributed by atoms with E-state index in [1.54, 1.807) is 12.1 Å². The molecule has 3 rings (SSSR count). The maximum atomic E-state index is 10.9. The summed E-state index contributed by atoms with van der Waals surface area (Å²) in [5.74, 6) is -0.0245. The van der Waals surface area contributed by atoms with Crippen molar-refractivity contribution in [3.05, 3.63) is 29.8 Å². The van der Waals surface area contributed by atoms with Crippen LogP contribution in [0.3, 0.4) is 0 Å². The Labute approximate surface area is 126 Å². The van der Waals surface area contributed by atoms with E-state index in [-0.39, 0.29) is 0 Å². The minimum atomic E-state index is -0.856. The van der Waals surface area contributed by atoms with E-state index in [0.29, 0.717) is 5.56 Å². The number of piperidine rings is 1. The van der Waals surface area contributed by atoms with Crippen LogP contribution < -0.4 is 4.90 Å². The predicted molar refractivity (Wildman–Crippen MR) is 84.0 cm³/mol. The molecule has 21 heavy (non-hydrogen) atoms. The van der Waals surface area contributed by atoms with Crippen LogP contribution in [0, 0.1) is 5.92 Å². The third-order valence-electron chi connectivity index (χ3n) is 4.81. The number of carboxylic acids is 1. The first-order valence-corrected chi connectivity index (χ1v) is 8.03. The molecule has 1 N–H and O–H groups in total. The van der Waals surface area contributed by atoms with E-state index in [2.05, 4.69) is 9.80 Å². The van der Waals surface area contributed by atoms with Crippen LogP contribution in [0.5, 0.6) is 0 Å². The van der Waals surface area contributed by atoms with Crippen molar-refractivity contribution < 1.29 is 9.90 Å². The third kappa shape index (κ3) is 3.56. The van der Waals surface area contributed by atoms with E-state index < -0.39 is 5.97 Å². The van der Waals surface area contributed by atoms with Gasteiger partial charge in [-0.15, -0.1) is 0 Å². The molecule has 4 heteroatoms. The van der Waals surface area contributed by atoms with Crippen LogP contribution in [0.25, 0.3) is 0 Å². The summed E-state index contributed by atoms with van der Waals surface area (Å²) in [6.45, 7) is 6.02. The third-order valence-corrected chi connectivity index (χ3v) is 4.81. The number of rotatable bonds is 4. The Hall–Kier alpha value is -1.55. The Bertz CT molecular complexity index is 472. The highest BCUT2D eigenvalue weighted by Crippen LogP contribution is 2.25. The lowest BCUT2D eigenvalue weighted by Gasteiger charge is -2.35. The normalized spacial score (nSPS) is 20.9. The molecule has 1 aromatic rings. The number of hydrogen-bond acceptors (Lipinski definition) is 3. The zero-order valence-electron chi connectivity index (χ0n) is 12.5. The number of benzene rings is 1. The number of aromatic carboxylic acids is 1. The molecule has 0 bridgehead atoms. The molecular weight excluding hydrogens is 264 g/mol.